The fraction of sp³-hybridized carbons (Fsp3) is 0.923. The summed E-state index contributed by atoms with van der Waals surface area (Å²) in [5.74, 6) is 0.627. The van der Waals surface area contributed by atoms with Gasteiger partial charge in [-0.3, -0.25) is 4.79 Å². The zero-order valence-electron chi connectivity index (χ0n) is 10.4. The van der Waals surface area contributed by atoms with E-state index in [1.165, 1.54) is 19.3 Å². The van der Waals surface area contributed by atoms with Gasteiger partial charge in [-0.2, -0.15) is 0 Å². The first kappa shape index (κ1) is 12.8. The lowest BCUT2D eigenvalue weighted by Crippen LogP contribution is -2.32. The number of rotatable bonds is 5. The number of aliphatic carboxylic acids is 1. The zero-order valence-corrected chi connectivity index (χ0v) is 10.4. The summed E-state index contributed by atoms with van der Waals surface area (Å²) in [7, 11) is 0. The van der Waals surface area contributed by atoms with E-state index < -0.39 is 5.97 Å². The van der Waals surface area contributed by atoms with Crippen molar-refractivity contribution in [2.45, 2.75) is 32.1 Å². The molecule has 0 spiro atoms. The first-order chi connectivity index (χ1) is 8.24. The third-order valence-electron chi connectivity index (χ3n) is 3.91. The molecule has 98 valence electrons. The second kappa shape index (κ2) is 6.36. The minimum Gasteiger partial charge on any atom is -0.481 e. The van der Waals surface area contributed by atoms with Gasteiger partial charge in [0.15, 0.2) is 0 Å². The Morgan fingerprint density at radius 3 is 2.94 bits per heavy atom. The van der Waals surface area contributed by atoms with E-state index in [-0.39, 0.29) is 0 Å². The molecule has 4 nitrogen and oxygen atoms in total. The summed E-state index contributed by atoms with van der Waals surface area (Å²) in [6.45, 7) is 5.21. The monoisotopic (exact) mass is 241 g/mol. The molecule has 1 N–H and O–H groups in total. The normalized spacial score (nSPS) is 30.6. The third-order valence-corrected chi connectivity index (χ3v) is 3.91. The van der Waals surface area contributed by atoms with Crippen LogP contribution in [0.2, 0.25) is 0 Å². The first-order valence-electron chi connectivity index (χ1n) is 6.76. The molecule has 2 saturated heterocycles. The highest BCUT2D eigenvalue weighted by Crippen LogP contribution is 2.23. The largest absolute Gasteiger partial charge is 0.481 e. The van der Waals surface area contributed by atoms with Crippen LogP contribution in [0, 0.1) is 11.8 Å². The highest BCUT2D eigenvalue weighted by Gasteiger charge is 2.25. The van der Waals surface area contributed by atoms with Crippen LogP contribution >= 0.6 is 0 Å². The number of hydrogen-bond donors (Lipinski definition) is 1. The van der Waals surface area contributed by atoms with Gasteiger partial charge in [0.05, 0.1) is 6.61 Å². The lowest BCUT2D eigenvalue weighted by molar-refractivity contribution is -0.137. The number of hydrogen-bond acceptors (Lipinski definition) is 3. The molecule has 0 amide bonds. The van der Waals surface area contributed by atoms with E-state index in [2.05, 4.69) is 4.90 Å². The number of ether oxygens (including phenoxy) is 1. The van der Waals surface area contributed by atoms with E-state index in [1.54, 1.807) is 0 Å². The molecule has 0 saturated carbocycles. The third kappa shape index (κ3) is 4.28. The van der Waals surface area contributed by atoms with Gasteiger partial charge in [-0.05, 0) is 44.1 Å². The Kier molecular flexibility index (Phi) is 4.80. The van der Waals surface area contributed by atoms with Crippen LogP contribution in [0.15, 0.2) is 0 Å². The number of nitrogens with zero attached hydrogens (tertiary/aromatic N) is 1. The van der Waals surface area contributed by atoms with Crippen molar-refractivity contribution in [3.05, 3.63) is 0 Å². The van der Waals surface area contributed by atoms with Gasteiger partial charge in [-0.15, -0.1) is 0 Å². The molecule has 0 radical (unpaired) electrons. The van der Waals surface area contributed by atoms with Gasteiger partial charge in [-0.1, -0.05) is 0 Å². The van der Waals surface area contributed by atoms with Crippen LogP contribution in [0.4, 0.5) is 0 Å². The summed E-state index contributed by atoms with van der Waals surface area (Å²) in [5, 5.41) is 8.67. The van der Waals surface area contributed by atoms with Gasteiger partial charge in [0.2, 0.25) is 0 Å². The molecule has 2 rings (SSSR count). The van der Waals surface area contributed by atoms with Crippen molar-refractivity contribution in [1.82, 2.24) is 4.90 Å². The molecule has 0 bridgehead atoms. The van der Waals surface area contributed by atoms with Crippen LogP contribution in [-0.2, 0) is 9.53 Å². The zero-order chi connectivity index (χ0) is 12.1. The second-order valence-electron chi connectivity index (χ2n) is 5.43. The second-order valence-corrected chi connectivity index (χ2v) is 5.43. The van der Waals surface area contributed by atoms with Gasteiger partial charge in [0.25, 0.3) is 0 Å². The molecular weight excluding hydrogens is 218 g/mol. The smallest absolute Gasteiger partial charge is 0.303 e. The van der Waals surface area contributed by atoms with Crippen LogP contribution in [0.3, 0.4) is 0 Å². The summed E-state index contributed by atoms with van der Waals surface area (Å²) in [6.07, 6.45) is 4.82. The van der Waals surface area contributed by atoms with Gasteiger partial charge < -0.3 is 14.7 Å². The average molecular weight is 241 g/mol. The van der Waals surface area contributed by atoms with Crippen LogP contribution in [0.1, 0.15) is 32.1 Å². The molecule has 2 heterocycles. The fourth-order valence-corrected chi connectivity index (χ4v) is 2.96. The van der Waals surface area contributed by atoms with Crippen LogP contribution in [0.5, 0.6) is 0 Å². The van der Waals surface area contributed by atoms with Crippen molar-refractivity contribution in [1.29, 1.82) is 0 Å². The Balaban J connectivity index is 1.64. The number of carboxylic acids is 1. The molecule has 0 aromatic carbocycles. The standard InChI is InChI=1S/C13H23NO3/c15-13(16)4-3-11-5-6-14(8-11)9-12-2-1-7-17-10-12/h11-12H,1-10H2,(H,15,16). The van der Waals surface area contributed by atoms with Crippen LogP contribution in [-0.4, -0.2) is 48.8 Å². The Morgan fingerprint density at radius 1 is 1.35 bits per heavy atom. The molecule has 2 atom stereocenters. The SMILES string of the molecule is O=C(O)CCC1CCN(CC2CCCOC2)C1. The first-order valence-corrected chi connectivity index (χ1v) is 6.76. The predicted molar refractivity (Wildman–Crippen MR) is 65.0 cm³/mol. The van der Waals surface area contributed by atoms with Gasteiger partial charge in [-0.25, -0.2) is 0 Å². The average Bonchev–Trinajstić information content (AvgIpc) is 2.75. The molecule has 0 aliphatic carbocycles. The van der Waals surface area contributed by atoms with E-state index in [9.17, 15) is 4.79 Å². The molecule has 0 aromatic heterocycles. The van der Waals surface area contributed by atoms with Gasteiger partial charge in [0.1, 0.15) is 0 Å². The Bertz CT molecular complexity index is 251. The highest BCUT2D eigenvalue weighted by molar-refractivity contribution is 5.66. The van der Waals surface area contributed by atoms with Crippen molar-refractivity contribution < 1.29 is 14.6 Å². The molecule has 4 heteroatoms. The Hall–Kier alpha value is -0.610. The lowest BCUT2D eigenvalue weighted by atomic mass is 10.0. The number of carbonyl (C=O) groups is 1. The van der Waals surface area contributed by atoms with E-state index in [4.69, 9.17) is 9.84 Å². The minimum atomic E-state index is -0.663. The van der Waals surface area contributed by atoms with Crippen molar-refractivity contribution in [3.63, 3.8) is 0 Å². The van der Waals surface area contributed by atoms with Crippen molar-refractivity contribution in [3.8, 4) is 0 Å². The molecule has 2 aliphatic rings. The molecule has 0 aromatic rings. The quantitative estimate of drug-likeness (QED) is 0.794. The van der Waals surface area contributed by atoms with E-state index >= 15 is 0 Å². The molecular formula is C13H23NO3. The Morgan fingerprint density at radius 2 is 2.24 bits per heavy atom. The summed E-state index contributed by atoms with van der Waals surface area (Å²) >= 11 is 0. The maximum absolute atomic E-state index is 10.5. The molecule has 2 aliphatic heterocycles. The lowest BCUT2D eigenvalue weighted by Gasteiger charge is -2.26. The summed E-state index contributed by atoms with van der Waals surface area (Å²) in [5.41, 5.74) is 0. The molecule has 2 fully saturated rings. The topological polar surface area (TPSA) is 49.8 Å². The summed E-state index contributed by atoms with van der Waals surface area (Å²) in [6, 6.07) is 0. The summed E-state index contributed by atoms with van der Waals surface area (Å²) < 4.78 is 5.49. The fourth-order valence-electron chi connectivity index (χ4n) is 2.96. The molecule has 2 unspecified atom stereocenters. The van der Waals surface area contributed by atoms with Gasteiger partial charge >= 0.3 is 5.97 Å². The highest BCUT2D eigenvalue weighted by atomic mass is 16.5. The summed E-state index contributed by atoms with van der Waals surface area (Å²) in [4.78, 5) is 13.0. The van der Waals surface area contributed by atoms with Gasteiger partial charge in [0, 0.05) is 26.1 Å². The Labute approximate surface area is 103 Å². The maximum atomic E-state index is 10.5. The van der Waals surface area contributed by atoms with E-state index in [0.29, 0.717) is 18.3 Å². The predicted octanol–water partition coefficient (Wildman–Crippen LogP) is 1.60. The number of likely N-dealkylation sites (tertiary alicyclic amines) is 1. The number of carboxylic acid groups (broad SMARTS) is 1. The van der Waals surface area contributed by atoms with Crippen LogP contribution < -0.4 is 0 Å². The van der Waals surface area contributed by atoms with Crippen molar-refractivity contribution in [2.75, 3.05) is 32.8 Å². The van der Waals surface area contributed by atoms with E-state index in [0.717, 1.165) is 39.3 Å². The minimum absolute atomic E-state index is 0.324. The van der Waals surface area contributed by atoms with E-state index in [1.807, 2.05) is 0 Å². The maximum Gasteiger partial charge on any atom is 0.303 e. The molecule has 17 heavy (non-hydrogen) atoms. The van der Waals surface area contributed by atoms with Crippen LogP contribution in [0.25, 0.3) is 0 Å². The van der Waals surface area contributed by atoms with Crippen molar-refractivity contribution in [2.24, 2.45) is 11.8 Å². The van der Waals surface area contributed by atoms with Crippen molar-refractivity contribution >= 4 is 5.97 Å².